The van der Waals surface area contributed by atoms with E-state index in [0.717, 1.165) is 57.1 Å². The van der Waals surface area contributed by atoms with Crippen LogP contribution in [0.4, 0.5) is 0 Å². The first-order chi connectivity index (χ1) is 7.83. The Labute approximate surface area is 95.0 Å². The molecule has 0 amide bonds. The predicted octanol–water partition coefficient (Wildman–Crippen LogP) is 0.446. The fraction of sp³-hybridized carbons (Fsp3) is 0.818. The molecule has 1 aromatic rings. The Kier molecular flexibility index (Phi) is 2.65. The van der Waals surface area contributed by atoms with Gasteiger partial charge in [-0.1, -0.05) is 0 Å². The molecule has 2 N–H and O–H groups in total. The highest BCUT2D eigenvalue weighted by Crippen LogP contribution is 2.24. The highest BCUT2D eigenvalue weighted by Gasteiger charge is 2.24. The van der Waals surface area contributed by atoms with E-state index < -0.39 is 0 Å². The van der Waals surface area contributed by atoms with Crippen LogP contribution in [0.15, 0.2) is 0 Å². The van der Waals surface area contributed by atoms with Crippen molar-refractivity contribution in [3.63, 3.8) is 0 Å². The van der Waals surface area contributed by atoms with Crippen LogP contribution in [-0.2, 0) is 17.7 Å². The molecule has 0 radical (unpaired) electrons. The summed E-state index contributed by atoms with van der Waals surface area (Å²) < 4.78 is 7.50. The van der Waals surface area contributed by atoms with Gasteiger partial charge >= 0.3 is 0 Å². The van der Waals surface area contributed by atoms with Crippen LogP contribution < -0.4 is 5.73 Å². The molecule has 88 valence electrons. The zero-order valence-electron chi connectivity index (χ0n) is 9.43. The number of ether oxygens (including phenoxy) is 1. The molecule has 1 fully saturated rings. The minimum absolute atomic E-state index is 0.257. The van der Waals surface area contributed by atoms with Crippen LogP contribution in [-0.4, -0.2) is 34.0 Å². The van der Waals surface area contributed by atoms with Gasteiger partial charge in [-0.15, -0.1) is 0 Å². The average Bonchev–Trinajstić information content (AvgIpc) is 2.73. The summed E-state index contributed by atoms with van der Waals surface area (Å²) in [6, 6.07) is 0.257. The third-order valence-electron chi connectivity index (χ3n) is 3.45. The molecule has 0 aromatic carbocycles. The summed E-state index contributed by atoms with van der Waals surface area (Å²) in [6.07, 6.45) is 4.14. The zero-order valence-corrected chi connectivity index (χ0v) is 9.43. The summed E-state index contributed by atoms with van der Waals surface area (Å²) >= 11 is 0. The SMILES string of the molecule is NC1CCn2nc(C3CCCOC3)nc2C1. The molecule has 1 saturated heterocycles. The van der Waals surface area contributed by atoms with Gasteiger partial charge in [0.15, 0.2) is 5.82 Å². The number of fused-ring (bicyclic) bond motifs is 1. The van der Waals surface area contributed by atoms with E-state index >= 15 is 0 Å². The smallest absolute Gasteiger partial charge is 0.156 e. The van der Waals surface area contributed by atoms with Crippen molar-refractivity contribution in [2.75, 3.05) is 13.2 Å². The van der Waals surface area contributed by atoms with Crippen molar-refractivity contribution in [1.29, 1.82) is 0 Å². The van der Waals surface area contributed by atoms with Crippen molar-refractivity contribution in [1.82, 2.24) is 14.8 Å². The van der Waals surface area contributed by atoms with Crippen molar-refractivity contribution in [2.24, 2.45) is 5.73 Å². The molecule has 5 nitrogen and oxygen atoms in total. The first-order valence-corrected chi connectivity index (χ1v) is 6.10. The topological polar surface area (TPSA) is 66.0 Å². The van der Waals surface area contributed by atoms with E-state index in [1.807, 2.05) is 4.68 Å². The highest BCUT2D eigenvalue weighted by atomic mass is 16.5. The molecular weight excluding hydrogens is 204 g/mol. The summed E-state index contributed by atoms with van der Waals surface area (Å²) in [4.78, 5) is 4.62. The maximum Gasteiger partial charge on any atom is 0.156 e. The molecule has 0 aliphatic carbocycles. The molecule has 3 heterocycles. The minimum Gasteiger partial charge on any atom is -0.381 e. The van der Waals surface area contributed by atoms with Crippen LogP contribution in [0.3, 0.4) is 0 Å². The van der Waals surface area contributed by atoms with Gasteiger partial charge in [-0.2, -0.15) is 5.10 Å². The van der Waals surface area contributed by atoms with Gasteiger partial charge in [0.25, 0.3) is 0 Å². The summed E-state index contributed by atoms with van der Waals surface area (Å²) in [6.45, 7) is 2.57. The van der Waals surface area contributed by atoms with Crippen LogP contribution in [0, 0.1) is 0 Å². The maximum absolute atomic E-state index is 5.93. The Morgan fingerprint density at radius 1 is 1.38 bits per heavy atom. The van der Waals surface area contributed by atoms with E-state index in [2.05, 4.69) is 10.1 Å². The number of hydrogen-bond donors (Lipinski definition) is 1. The molecule has 2 atom stereocenters. The molecule has 16 heavy (non-hydrogen) atoms. The molecule has 5 heteroatoms. The van der Waals surface area contributed by atoms with Crippen molar-refractivity contribution < 1.29 is 4.74 Å². The van der Waals surface area contributed by atoms with Crippen LogP contribution in [0.2, 0.25) is 0 Å². The Morgan fingerprint density at radius 2 is 2.31 bits per heavy atom. The first-order valence-electron chi connectivity index (χ1n) is 6.10. The van der Waals surface area contributed by atoms with Gasteiger partial charge in [-0.25, -0.2) is 9.67 Å². The van der Waals surface area contributed by atoms with E-state index in [0.29, 0.717) is 5.92 Å². The molecule has 3 rings (SSSR count). The standard InChI is InChI=1S/C11H18N4O/c12-9-3-4-15-10(6-9)13-11(14-15)8-2-1-5-16-7-8/h8-9H,1-7,12H2. The number of rotatable bonds is 1. The molecule has 0 spiro atoms. The van der Waals surface area contributed by atoms with Gasteiger partial charge in [0.2, 0.25) is 0 Å². The van der Waals surface area contributed by atoms with E-state index in [-0.39, 0.29) is 6.04 Å². The monoisotopic (exact) mass is 222 g/mol. The Bertz CT molecular complexity index is 370. The second-order valence-electron chi connectivity index (χ2n) is 4.78. The lowest BCUT2D eigenvalue weighted by molar-refractivity contribution is 0.0780. The van der Waals surface area contributed by atoms with Crippen LogP contribution in [0.5, 0.6) is 0 Å². The number of hydrogen-bond acceptors (Lipinski definition) is 4. The normalized spacial score (nSPS) is 30.1. The van der Waals surface area contributed by atoms with Crippen molar-refractivity contribution in [3.05, 3.63) is 11.6 Å². The Morgan fingerprint density at radius 3 is 3.12 bits per heavy atom. The van der Waals surface area contributed by atoms with E-state index in [4.69, 9.17) is 10.5 Å². The third kappa shape index (κ3) is 1.85. The van der Waals surface area contributed by atoms with Gasteiger partial charge in [-0.3, -0.25) is 0 Å². The van der Waals surface area contributed by atoms with Gasteiger partial charge in [0.05, 0.1) is 6.61 Å². The van der Waals surface area contributed by atoms with Crippen molar-refractivity contribution in [3.8, 4) is 0 Å². The lowest BCUT2D eigenvalue weighted by Gasteiger charge is -2.18. The number of aromatic nitrogens is 3. The van der Waals surface area contributed by atoms with E-state index in [1.165, 1.54) is 0 Å². The van der Waals surface area contributed by atoms with E-state index in [9.17, 15) is 0 Å². The fourth-order valence-corrected chi connectivity index (χ4v) is 2.47. The Hall–Kier alpha value is -0.940. The Balaban J connectivity index is 1.80. The lowest BCUT2D eigenvalue weighted by Crippen LogP contribution is -2.31. The summed E-state index contributed by atoms with van der Waals surface area (Å²) in [5.41, 5.74) is 5.93. The second kappa shape index (κ2) is 4.14. The molecular formula is C11H18N4O. The molecule has 2 aliphatic rings. The van der Waals surface area contributed by atoms with Gasteiger partial charge in [-0.05, 0) is 19.3 Å². The predicted molar refractivity (Wildman–Crippen MR) is 59.1 cm³/mol. The third-order valence-corrected chi connectivity index (χ3v) is 3.45. The first kappa shape index (κ1) is 10.2. The van der Waals surface area contributed by atoms with E-state index in [1.54, 1.807) is 0 Å². The quantitative estimate of drug-likeness (QED) is 0.749. The molecule has 0 saturated carbocycles. The van der Waals surface area contributed by atoms with Crippen LogP contribution in [0.1, 0.15) is 36.8 Å². The average molecular weight is 222 g/mol. The van der Waals surface area contributed by atoms with Crippen LogP contribution in [0.25, 0.3) is 0 Å². The fourth-order valence-electron chi connectivity index (χ4n) is 2.47. The van der Waals surface area contributed by atoms with Gasteiger partial charge in [0.1, 0.15) is 5.82 Å². The van der Waals surface area contributed by atoms with Gasteiger partial charge in [0, 0.05) is 31.5 Å². The van der Waals surface area contributed by atoms with Crippen molar-refractivity contribution >= 4 is 0 Å². The lowest BCUT2D eigenvalue weighted by atomic mass is 10.0. The summed E-state index contributed by atoms with van der Waals surface area (Å²) in [7, 11) is 0. The minimum atomic E-state index is 0.257. The molecule has 1 aromatic heterocycles. The largest absolute Gasteiger partial charge is 0.381 e. The second-order valence-corrected chi connectivity index (χ2v) is 4.78. The molecule has 2 unspecified atom stereocenters. The highest BCUT2D eigenvalue weighted by molar-refractivity contribution is 5.03. The maximum atomic E-state index is 5.93. The molecule has 0 bridgehead atoms. The van der Waals surface area contributed by atoms with Crippen LogP contribution >= 0.6 is 0 Å². The number of nitrogens with two attached hydrogens (primary N) is 1. The zero-order chi connectivity index (χ0) is 11.0. The number of nitrogens with zero attached hydrogens (tertiary/aromatic N) is 3. The number of aryl methyl sites for hydroxylation is 1. The molecule has 2 aliphatic heterocycles. The summed E-state index contributed by atoms with van der Waals surface area (Å²) in [5, 5.41) is 4.58. The summed E-state index contributed by atoms with van der Waals surface area (Å²) in [5.74, 6) is 2.41. The van der Waals surface area contributed by atoms with Crippen molar-refractivity contribution in [2.45, 2.75) is 44.2 Å². The van der Waals surface area contributed by atoms with Gasteiger partial charge < -0.3 is 10.5 Å².